The van der Waals surface area contributed by atoms with Gasteiger partial charge in [-0.2, -0.15) is 11.8 Å². The molecule has 17 heavy (non-hydrogen) atoms. The lowest BCUT2D eigenvalue weighted by Gasteiger charge is -2.18. The Labute approximate surface area is 112 Å². The van der Waals surface area contributed by atoms with E-state index in [0.717, 1.165) is 16.9 Å². The molecule has 0 aliphatic carbocycles. The Morgan fingerprint density at radius 2 is 1.53 bits per heavy atom. The molecule has 1 aromatic rings. The van der Waals surface area contributed by atoms with Crippen LogP contribution in [0.1, 0.15) is 26.3 Å². The average molecular weight is 267 g/mol. The van der Waals surface area contributed by atoms with Gasteiger partial charge in [0.15, 0.2) is 0 Å². The van der Waals surface area contributed by atoms with Crippen LogP contribution in [0.15, 0.2) is 24.3 Å². The average Bonchev–Trinajstić information content (AvgIpc) is 2.25. The van der Waals surface area contributed by atoms with E-state index < -0.39 is 8.07 Å². The monoisotopic (exact) mass is 266 g/mol. The number of hydrogen-bond donors (Lipinski definition) is 0. The Morgan fingerprint density at radius 3 is 1.94 bits per heavy atom. The van der Waals surface area contributed by atoms with E-state index in [0.29, 0.717) is 0 Å². The van der Waals surface area contributed by atoms with Crippen molar-refractivity contribution in [2.75, 3.05) is 0 Å². The van der Waals surface area contributed by atoms with E-state index in [4.69, 9.17) is 0 Å². The van der Waals surface area contributed by atoms with Gasteiger partial charge in [0.1, 0.15) is 0 Å². The zero-order chi connectivity index (χ0) is 13.1. The van der Waals surface area contributed by atoms with Gasteiger partial charge in [-0.1, -0.05) is 69.9 Å². The third-order valence-corrected chi connectivity index (χ3v) is 6.91. The van der Waals surface area contributed by atoms with Crippen molar-refractivity contribution in [1.29, 1.82) is 0 Å². The quantitative estimate of drug-likeness (QED) is 0.707. The molecule has 0 saturated carbocycles. The van der Waals surface area contributed by atoms with Crippen molar-refractivity contribution in [2.45, 2.75) is 51.4 Å². The highest BCUT2D eigenvalue weighted by Gasteiger charge is 2.15. The normalized spacial score (nSPS) is 14.1. The molecule has 1 unspecified atom stereocenters. The Balaban J connectivity index is 2.57. The van der Waals surface area contributed by atoms with Crippen molar-refractivity contribution in [1.82, 2.24) is 0 Å². The molecular weight excluding hydrogens is 240 g/mol. The molecule has 1 rings (SSSR count). The van der Waals surface area contributed by atoms with Crippen LogP contribution in [0.25, 0.3) is 0 Å². The summed E-state index contributed by atoms with van der Waals surface area (Å²) in [5.41, 5.74) is 1.46. The van der Waals surface area contributed by atoms with Gasteiger partial charge in [-0.05, 0) is 11.5 Å². The van der Waals surface area contributed by atoms with E-state index in [2.05, 4.69) is 76.4 Å². The molecule has 2 heteroatoms. The van der Waals surface area contributed by atoms with Gasteiger partial charge in [-0.15, -0.1) is 0 Å². The van der Waals surface area contributed by atoms with Crippen molar-refractivity contribution in [3.05, 3.63) is 29.8 Å². The lowest BCUT2D eigenvalue weighted by Crippen LogP contribution is -2.37. The first-order valence-electron chi connectivity index (χ1n) is 6.51. The van der Waals surface area contributed by atoms with Crippen LogP contribution in [0.5, 0.6) is 0 Å². The van der Waals surface area contributed by atoms with Crippen LogP contribution in [0.2, 0.25) is 19.6 Å². The predicted molar refractivity (Wildman–Crippen MR) is 85.0 cm³/mol. The summed E-state index contributed by atoms with van der Waals surface area (Å²) >= 11 is 2.06. The van der Waals surface area contributed by atoms with E-state index in [1.54, 1.807) is 5.19 Å². The fourth-order valence-corrected chi connectivity index (χ4v) is 3.72. The molecule has 0 aromatic heterocycles. The summed E-state index contributed by atoms with van der Waals surface area (Å²) in [5, 5.41) is 2.30. The van der Waals surface area contributed by atoms with Crippen LogP contribution in [0.4, 0.5) is 0 Å². The van der Waals surface area contributed by atoms with Crippen LogP contribution < -0.4 is 5.19 Å². The second kappa shape index (κ2) is 6.10. The van der Waals surface area contributed by atoms with Gasteiger partial charge in [0, 0.05) is 11.0 Å². The highest BCUT2D eigenvalue weighted by atomic mass is 32.2. The third-order valence-electron chi connectivity index (χ3n) is 3.27. The van der Waals surface area contributed by atoms with Crippen molar-refractivity contribution in [3.63, 3.8) is 0 Å². The molecule has 1 aromatic carbocycles. The molecule has 96 valence electrons. The Morgan fingerprint density at radius 1 is 1.00 bits per heavy atom. The first-order valence-corrected chi connectivity index (χ1v) is 11.1. The summed E-state index contributed by atoms with van der Waals surface area (Å²) < 4.78 is 0. The van der Waals surface area contributed by atoms with Crippen molar-refractivity contribution >= 4 is 25.0 Å². The first-order chi connectivity index (χ1) is 7.80. The molecule has 0 fully saturated rings. The van der Waals surface area contributed by atoms with Crippen LogP contribution in [0.3, 0.4) is 0 Å². The summed E-state index contributed by atoms with van der Waals surface area (Å²) in [6.45, 7) is 14.1. The maximum atomic E-state index is 2.40. The Bertz CT molecular complexity index is 335. The molecule has 1 atom stereocenters. The Kier molecular flexibility index (Phi) is 5.33. The van der Waals surface area contributed by atoms with Gasteiger partial charge in [0.05, 0.1) is 8.07 Å². The zero-order valence-electron chi connectivity index (χ0n) is 12.1. The van der Waals surface area contributed by atoms with Crippen LogP contribution in [0, 0.1) is 5.92 Å². The minimum atomic E-state index is -1.13. The predicted octanol–water partition coefficient (Wildman–Crippen LogP) is 4.51. The molecule has 0 aliphatic heterocycles. The van der Waals surface area contributed by atoms with Gasteiger partial charge in [0.25, 0.3) is 0 Å². The van der Waals surface area contributed by atoms with Crippen molar-refractivity contribution in [2.24, 2.45) is 5.92 Å². The Hall–Kier alpha value is -0.213. The number of thioether (sulfide) groups is 1. The van der Waals surface area contributed by atoms with E-state index in [-0.39, 0.29) is 0 Å². The van der Waals surface area contributed by atoms with Gasteiger partial charge >= 0.3 is 0 Å². The van der Waals surface area contributed by atoms with Crippen LogP contribution >= 0.6 is 11.8 Å². The molecule has 0 radical (unpaired) electrons. The summed E-state index contributed by atoms with van der Waals surface area (Å²) in [7, 11) is -1.13. The fourth-order valence-electron chi connectivity index (χ4n) is 1.52. The highest BCUT2D eigenvalue weighted by molar-refractivity contribution is 7.99. The number of hydrogen-bond acceptors (Lipinski definition) is 1. The first kappa shape index (κ1) is 14.8. The van der Waals surface area contributed by atoms with Crippen molar-refractivity contribution in [3.8, 4) is 0 Å². The smallest absolute Gasteiger partial charge is 0.0775 e. The molecule has 0 amide bonds. The molecular formula is C15H26SSi. The fraction of sp³-hybridized carbons (Fsp3) is 0.600. The van der Waals surface area contributed by atoms with Crippen LogP contribution in [-0.2, 0) is 5.75 Å². The summed E-state index contributed by atoms with van der Waals surface area (Å²) in [5.74, 6) is 1.91. The second-order valence-electron chi connectivity index (χ2n) is 6.21. The molecule has 0 N–H and O–H groups in total. The SMILES string of the molecule is CC(C)C(C)SCc1ccc([Si](C)(C)C)cc1. The van der Waals surface area contributed by atoms with Gasteiger partial charge in [-0.25, -0.2) is 0 Å². The zero-order valence-corrected chi connectivity index (χ0v) is 13.9. The molecule has 0 spiro atoms. The van der Waals surface area contributed by atoms with E-state index in [1.807, 2.05) is 0 Å². The molecule has 0 heterocycles. The van der Waals surface area contributed by atoms with Gasteiger partial charge in [-0.3, -0.25) is 0 Å². The maximum absolute atomic E-state index is 2.40. The summed E-state index contributed by atoms with van der Waals surface area (Å²) in [6.07, 6.45) is 0. The van der Waals surface area contributed by atoms with E-state index >= 15 is 0 Å². The molecule has 0 saturated heterocycles. The van der Waals surface area contributed by atoms with Crippen LogP contribution in [-0.4, -0.2) is 13.3 Å². The van der Waals surface area contributed by atoms with Gasteiger partial charge < -0.3 is 0 Å². The number of rotatable bonds is 5. The topological polar surface area (TPSA) is 0 Å². The molecule has 0 nitrogen and oxygen atoms in total. The standard InChI is InChI=1S/C15H26SSi/c1-12(2)13(3)16-11-14-7-9-15(10-8-14)17(4,5)6/h7-10,12-13H,11H2,1-6H3. The minimum Gasteiger partial charge on any atom is -0.154 e. The third kappa shape index (κ3) is 4.88. The van der Waals surface area contributed by atoms with Crippen molar-refractivity contribution < 1.29 is 0 Å². The second-order valence-corrected chi connectivity index (χ2v) is 12.6. The molecule has 0 bridgehead atoms. The number of benzene rings is 1. The highest BCUT2D eigenvalue weighted by Crippen LogP contribution is 2.22. The lowest BCUT2D eigenvalue weighted by atomic mass is 10.2. The van der Waals surface area contributed by atoms with E-state index in [1.165, 1.54) is 5.56 Å². The largest absolute Gasteiger partial charge is 0.154 e. The van der Waals surface area contributed by atoms with Gasteiger partial charge in [0.2, 0.25) is 0 Å². The lowest BCUT2D eigenvalue weighted by molar-refractivity contribution is 0.642. The summed E-state index contributed by atoms with van der Waals surface area (Å²) in [4.78, 5) is 0. The molecule has 0 aliphatic rings. The summed E-state index contributed by atoms with van der Waals surface area (Å²) in [6, 6.07) is 9.30. The maximum Gasteiger partial charge on any atom is 0.0775 e. The van der Waals surface area contributed by atoms with E-state index in [9.17, 15) is 0 Å². The minimum absolute atomic E-state index is 0.742.